The van der Waals surface area contributed by atoms with Gasteiger partial charge in [0.25, 0.3) is 0 Å². The van der Waals surface area contributed by atoms with E-state index in [4.69, 9.17) is 5.73 Å². The highest BCUT2D eigenvalue weighted by Crippen LogP contribution is 2.56. The van der Waals surface area contributed by atoms with Crippen LogP contribution in [-0.4, -0.2) is 17.8 Å². The first-order valence-corrected chi connectivity index (χ1v) is 6.09. The number of aliphatic hydroxyl groups excluding tert-OH is 1. The number of rotatable bonds is 3. The summed E-state index contributed by atoms with van der Waals surface area (Å²) >= 11 is 0. The number of nitrogens with two attached hydrogens (primary N) is 1. The molecular weight excluding hydrogens is 174 g/mol. The van der Waals surface area contributed by atoms with Gasteiger partial charge in [-0.1, -0.05) is 26.2 Å². The van der Waals surface area contributed by atoms with Crippen molar-refractivity contribution in [3.63, 3.8) is 0 Å². The largest absolute Gasteiger partial charge is 0.392 e. The molecule has 0 heterocycles. The Balaban J connectivity index is 1.96. The first-order valence-electron chi connectivity index (χ1n) is 6.09. The summed E-state index contributed by atoms with van der Waals surface area (Å²) in [5.41, 5.74) is 5.91. The topological polar surface area (TPSA) is 46.2 Å². The third kappa shape index (κ3) is 1.59. The zero-order valence-electron chi connectivity index (χ0n) is 9.21. The Morgan fingerprint density at radius 3 is 2.36 bits per heavy atom. The normalized spacial score (nSPS) is 40.9. The van der Waals surface area contributed by atoms with Crippen LogP contribution in [0.3, 0.4) is 0 Å². The van der Waals surface area contributed by atoms with Crippen molar-refractivity contribution in [1.29, 1.82) is 0 Å². The molecule has 0 amide bonds. The Bertz CT molecular complexity index is 196. The lowest BCUT2D eigenvalue weighted by Crippen LogP contribution is -2.38. The molecule has 0 radical (unpaired) electrons. The zero-order chi connectivity index (χ0) is 10.2. The van der Waals surface area contributed by atoms with Gasteiger partial charge in [-0.25, -0.2) is 0 Å². The first-order chi connectivity index (χ1) is 6.70. The summed E-state index contributed by atoms with van der Waals surface area (Å²) in [6.07, 6.45) is 7.41. The molecule has 0 spiro atoms. The number of aliphatic hydroxyl groups is 1. The molecule has 2 saturated carbocycles. The van der Waals surface area contributed by atoms with Crippen LogP contribution in [0.2, 0.25) is 0 Å². The van der Waals surface area contributed by atoms with Gasteiger partial charge in [-0.15, -0.1) is 0 Å². The maximum Gasteiger partial charge on any atom is 0.0639 e. The van der Waals surface area contributed by atoms with Crippen molar-refractivity contribution in [2.75, 3.05) is 6.54 Å². The molecule has 2 aliphatic rings. The average Bonchev–Trinajstić information content (AvgIpc) is 2.91. The second-order valence-electron chi connectivity index (χ2n) is 5.39. The summed E-state index contributed by atoms with van der Waals surface area (Å²) in [7, 11) is 0. The summed E-state index contributed by atoms with van der Waals surface area (Å²) in [6.45, 7) is 2.89. The molecule has 3 N–H and O–H groups in total. The van der Waals surface area contributed by atoms with E-state index in [9.17, 15) is 5.11 Å². The van der Waals surface area contributed by atoms with E-state index in [-0.39, 0.29) is 11.5 Å². The highest BCUT2D eigenvalue weighted by Gasteiger charge is 2.56. The predicted molar refractivity (Wildman–Crippen MR) is 57.9 cm³/mol. The van der Waals surface area contributed by atoms with Crippen LogP contribution in [0.4, 0.5) is 0 Å². The summed E-state index contributed by atoms with van der Waals surface area (Å²) in [5, 5.41) is 10.4. The van der Waals surface area contributed by atoms with E-state index in [2.05, 4.69) is 6.92 Å². The molecule has 2 heteroatoms. The minimum atomic E-state index is -0.122. The van der Waals surface area contributed by atoms with Gasteiger partial charge in [0, 0.05) is 12.0 Å². The van der Waals surface area contributed by atoms with E-state index in [0.717, 1.165) is 6.42 Å². The molecule has 82 valence electrons. The van der Waals surface area contributed by atoms with Crippen molar-refractivity contribution >= 4 is 0 Å². The molecule has 0 aromatic rings. The van der Waals surface area contributed by atoms with Gasteiger partial charge in [0.05, 0.1) is 6.10 Å². The third-order valence-corrected chi connectivity index (χ3v) is 4.57. The van der Waals surface area contributed by atoms with Crippen molar-refractivity contribution < 1.29 is 5.11 Å². The fourth-order valence-electron chi connectivity index (χ4n) is 3.25. The van der Waals surface area contributed by atoms with Crippen molar-refractivity contribution in [3.05, 3.63) is 0 Å². The molecule has 2 fully saturated rings. The average molecular weight is 197 g/mol. The maximum absolute atomic E-state index is 10.4. The van der Waals surface area contributed by atoms with Gasteiger partial charge < -0.3 is 10.8 Å². The summed E-state index contributed by atoms with van der Waals surface area (Å²) in [4.78, 5) is 0. The quantitative estimate of drug-likeness (QED) is 0.726. The van der Waals surface area contributed by atoms with E-state index in [0.29, 0.717) is 18.4 Å². The van der Waals surface area contributed by atoms with Gasteiger partial charge in [0.2, 0.25) is 0 Å². The highest BCUT2D eigenvalue weighted by molar-refractivity contribution is 5.07. The van der Waals surface area contributed by atoms with Crippen molar-refractivity contribution in [3.8, 4) is 0 Å². The Hall–Kier alpha value is -0.0800. The van der Waals surface area contributed by atoms with Crippen LogP contribution in [-0.2, 0) is 0 Å². The smallest absolute Gasteiger partial charge is 0.0639 e. The maximum atomic E-state index is 10.4. The molecule has 3 atom stereocenters. The van der Waals surface area contributed by atoms with E-state index in [1.807, 2.05) is 0 Å². The minimum Gasteiger partial charge on any atom is -0.392 e. The second-order valence-corrected chi connectivity index (χ2v) is 5.39. The lowest BCUT2D eigenvalue weighted by molar-refractivity contribution is 0.0182. The summed E-state index contributed by atoms with van der Waals surface area (Å²) in [6, 6.07) is 0. The van der Waals surface area contributed by atoms with E-state index in [1.54, 1.807) is 0 Å². The third-order valence-electron chi connectivity index (χ3n) is 4.57. The molecular formula is C12H23NO. The van der Waals surface area contributed by atoms with Crippen molar-refractivity contribution in [2.24, 2.45) is 23.0 Å². The monoisotopic (exact) mass is 197 g/mol. The van der Waals surface area contributed by atoms with Gasteiger partial charge in [-0.05, 0) is 31.1 Å². The van der Waals surface area contributed by atoms with Crippen LogP contribution in [0.15, 0.2) is 0 Å². The molecule has 0 bridgehead atoms. The minimum absolute atomic E-state index is 0.0992. The number of hydrogen-bond donors (Lipinski definition) is 2. The Morgan fingerprint density at radius 1 is 1.36 bits per heavy atom. The van der Waals surface area contributed by atoms with Gasteiger partial charge in [0.1, 0.15) is 0 Å². The fraction of sp³-hybridized carbons (Fsp3) is 1.00. The lowest BCUT2D eigenvalue weighted by atomic mass is 9.78. The predicted octanol–water partition coefficient (Wildman–Crippen LogP) is 1.91. The molecule has 2 aliphatic carbocycles. The molecule has 14 heavy (non-hydrogen) atoms. The van der Waals surface area contributed by atoms with Crippen molar-refractivity contribution in [2.45, 2.75) is 51.6 Å². The lowest BCUT2D eigenvalue weighted by Gasteiger charge is -2.32. The number of hydrogen-bond acceptors (Lipinski definition) is 2. The van der Waals surface area contributed by atoms with Crippen LogP contribution in [0, 0.1) is 17.3 Å². The van der Waals surface area contributed by atoms with E-state index >= 15 is 0 Å². The molecule has 3 unspecified atom stereocenters. The van der Waals surface area contributed by atoms with Crippen LogP contribution < -0.4 is 5.73 Å². The second kappa shape index (κ2) is 3.82. The van der Waals surface area contributed by atoms with Crippen LogP contribution >= 0.6 is 0 Å². The standard InChI is InChI=1S/C12H23NO/c1-9-7-12(9,8-13)11(14)10-5-3-2-4-6-10/h9-11,14H,2-8,13H2,1H3. The molecule has 0 aromatic heterocycles. The van der Waals surface area contributed by atoms with E-state index < -0.39 is 0 Å². The molecule has 0 aliphatic heterocycles. The molecule has 0 aromatic carbocycles. The summed E-state index contributed by atoms with van der Waals surface area (Å²) in [5.74, 6) is 1.18. The summed E-state index contributed by atoms with van der Waals surface area (Å²) < 4.78 is 0. The molecule has 2 rings (SSSR count). The van der Waals surface area contributed by atoms with Crippen molar-refractivity contribution in [1.82, 2.24) is 0 Å². The Morgan fingerprint density at radius 2 is 1.93 bits per heavy atom. The van der Waals surface area contributed by atoms with Gasteiger partial charge >= 0.3 is 0 Å². The fourth-order valence-corrected chi connectivity index (χ4v) is 3.25. The van der Waals surface area contributed by atoms with E-state index in [1.165, 1.54) is 32.1 Å². The first kappa shape index (κ1) is 10.4. The molecule has 0 saturated heterocycles. The highest BCUT2D eigenvalue weighted by atomic mass is 16.3. The van der Waals surface area contributed by atoms with Gasteiger partial charge in [0.15, 0.2) is 0 Å². The SMILES string of the molecule is CC1CC1(CN)C(O)C1CCCCC1. The van der Waals surface area contributed by atoms with Gasteiger partial charge in [-0.2, -0.15) is 0 Å². The van der Waals surface area contributed by atoms with Crippen LogP contribution in [0.5, 0.6) is 0 Å². The zero-order valence-corrected chi connectivity index (χ0v) is 9.21. The Kier molecular flexibility index (Phi) is 2.85. The van der Waals surface area contributed by atoms with Crippen LogP contribution in [0.1, 0.15) is 45.4 Å². The van der Waals surface area contributed by atoms with Gasteiger partial charge in [-0.3, -0.25) is 0 Å². The molecule has 2 nitrogen and oxygen atoms in total. The Labute approximate surface area is 86.9 Å². The van der Waals surface area contributed by atoms with Crippen LogP contribution in [0.25, 0.3) is 0 Å².